The molecule has 0 saturated carbocycles. The summed E-state index contributed by atoms with van der Waals surface area (Å²) in [4.78, 5) is 1.77. The van der Waals surface area contributed by atoms with Gasteiger partial charge in [0, 0.05) is 18.3 Å². The van der Waals surface area contributed by atoms with Gasteiger partial charge >= 0.3 is 13.0 Å². The molecule has 1 spiro atoms. The molecule has 0 aromatic heterocycles. The topological polar surface area (TPSA) is 68.0 Å². The highest BCUT2D eigenvalue weighted by molar-refractivity contribution is 6.45. The van der Waals surface area contributed by atoms with Gasteiger partial charge < -0.3 is 20.2 Å². The first kappa shape index (κ1) is 9.80. The summed E-state index contributed by atoms with van der Waals surface area (Å²) < 4.78 is 11.5. The molecule has 1 aromatic rings. The van der Waals surface area contributed by atoms with Crippen molar-refractivity contribution in [3.63, 3.8) is 0 Å². The van der Waals surface area contributed by atoms with Crippen molar-refractivity contribution in [2.75, 3.05) is 12.3 Å². The van der Waals surface area contributed by atoms with Gasteiger partial charge in [-0.25, -0.2) is 4.81 Å². The third kappa shape index (κ3) is 1.20. The van der Waals surface area contributed by atoms with E-state index in [-0.39, 0.29) is 0 Å². The maximum absolute atomic E-state index is 9.57. The summed E-state index contributed by atoms with van der Waals surface area (Å²) in [6.07, 6.45) is 0.743. The van der Waals surface area contributed by atoms with Gasteiger partial charge in [0.25, 0.3) is 0 Å². The van der Waals surface area contributed by atoms with Crippen LogP contribution in [0.2, 0.25) is 6.82 Å². The molecule has 6 heteroatoms. The minimum Gasteiger partial charge on any atom is -0.437 e. The molecule has 1 atom stereocenters. The molecule has 1 saturated heterocycles. The predicted octanol–water partition coefficient (Wildman–Crippen LogP) is 0.510. The Bertz CT molecular complexity index is 440. The largest absolute Gasteiger partial charge is 0.437 e. The summed E-state index contributed by atoms with van der Waals surface area (Å²) in [7, 11) is -0.583. The van der Waals surface area contributed by atoms with Gasteiger partial charge in [0.1, 0.15) is 0 Å². The lowest BCUT2D eigenvalue weighted by Gasteiger charge is -2.47. The summed E-state index contributed by atoms with van der Waals surface area (Å²) in [6, 6.07) is 5.30. The van der Waals surface area contributed by atoms with Gasteiger partial charge in [-0.05, 0) is 19.0 Å². The number of rotatable bonds is 1. The van der Waals surface area contributed by atoms with E-state index in [1.165, 1.54) is 0 Å². The molecular weight excluding hydrogens is 207 g/mol. The van der Waals surface area contributed by atoms with E-state index in [9.17, 15) is 5.02 Å². The second-order valence-corrected chi connectivity index (χ2v) is 4.20. The van der Waals surface area contributed by atoms with Crippen molar-refractivity contribution in [1.29, 1.82) is 0 Å². The Morgan fingerprint density at radius 2 is 2.19 bits per heavy atom. The van der Waals surface area contributed by atoms with Gasteiger partial charge in [-0.1, -0.05) is 0 Å². The molecule has 1 aromatic carbocycles. The van der Waals surface area contributed by atoms with Crippen molar-refractivity contribution in [2.24, 2.45) is 0 Å². The van der Waals surface area contributed by atoms with Crippen LogP contribution in [0.25, 0.3) is 0 Å². The van der Waals surface area contributed by atoms with Crippen LogP contribution in [-0.2, 0) is 0 Å². The highest BCUT2D eigenvalue weighted by Crippen LogP contribution is 2.46. The number of ether oxygens (including phenoxy) is 2. The van der Waals surface area contributed by atoms with Gasteiger partial charge in [-0.3, -0.25) is 0 Å². The summed E-state index contributed by atoms with van der Waals surface area (Å²) in [5, 5.41) is 9.57. The van der Waals surface area contributed by atoms with E-state index in [0.29, 0.717) is 17.2 Å². The minimum atomic E-state index is -0.815. The van der Waals surface area contributed by atoms with E-state index in [4.69, 9.17) is 15.2 Å². The number of anilines is 1. The Hall–Kier alpha value is -1.40. The van der Waals surface area contributed by atoms with Crippen molar-refractivity contribution >= 4 is 12.7 Å². The van der Waals surface area contributed by atoms with Gasteiger partial charge in [0.2, 0.25) is 0 Å². The third-order valence-electron chi connectivity index (χ3n) is 3.06. The number of nitrogen functional groups attached to an aromatic ring is 1. The molecule has 0 aliphatic carbocycles. The van der Waals surface area contributed by atoms with Gasteiger partial charge in [0.05, 0.1) is 6.42 Å². The van der Waals surface area contributed by atoms with Crippen LogP contribution in [0, 0.1) is 0 Å². The molecular formula is C10H13BN2O3. The standard InChI is InChI=1S/C10H13BN2O3/c1-11(14)13-5-4-10(13)15-8-3-2-7(12)6-9(8)16-10/h2-3,6,14H,4-5,12H2,1H3. The smallest absolute Gasteiger partial charge is 0.382 e. The molecule has 0 amide bonds. The number of fused-ring (bicyclic) bond motifs is 1. The van der Waals surface area contributed by atoms with Gasteiger partial charge in [0.15, 0.2) is 11.5 Å². The van der Waals surface area contributed by atoms with Crippen molar-refractivity contribution in [1.82, 2.24) is 4.81 Å². The van der Waals surface area contributed by atoms with Crippen molar-refractivity contribution in [3.05, 3.63) is 18.2 Å². The van der Waals surface area contributed by atoms with Crippen LogP contribution in [0.3, 0.4) is 0 Å². The molecule has 0 radical (unpaired) electrons. The SMILES string of the molecule is CB(O)N1CCC12Oc1ccc(N)cc1O2. The molecule has 1 fully saturated rings. The maximum Gasteiger partial charge on any atom is 0.382 e. The van der Waals surface area contributed by atoms with Crippen molar-refractivity contribution in [3.8, 4) is 11.5 Å². The Balaban J connectivity index is 1.90. The first-order valence-electron chi connectivity index (χ1n) is 5.33. The zero-order valence-corrected chi connectivity index (χ0v) is 9.01. The van der Waals surface area contributed by atoms with E-state index < -0.39 is 13.0 Å². The Kier molecular flexibility index (Phi) is 1.87. The minimum absolute atomic E-state index is 0.583. The number of benzene rings is 1. The lowest BCUT2D eigenvalue weighted by Crippen LogP contribution is -2.69. The van der Waals surface area contributed by atoms with E-state index in [2.05, 4.69) is 0 Å². The lowest BCUT2D eigenvalue weighted by atomic mass is 9.79. The Labute approximate surface area is 93.9 Å². The van der Waals surface area contributed by atoms with Gasteiger partial charge in [-0.2, -0.15) is 0 Å². The summed E-state index contributed by atoms with van der Waals surface area (Å²) >= 11 is 0. The van der Waals surface area contributed by atoms with Crippen LogP contribution in [0.5, 0.6) is 11.5 Å². The first-order chi connectivity index (χ1) is 7.61. The molecule has 1 unspecified atom stereocenters. The van der Waals surface area contributed by atoms with Crippen LogP contribution in [0.4, 0.5) is 5.69 Å². The summed E-state index contributed by atoms with van der Waals surface area (Å²) in [5.74, 6) is 0.509. The van der Waals surface area contributed by atoms with Crippen LogP contribution in [0.1, 0.15) is 6.42 Å². The second-order valence-electron chi connectivity index (χ2n) is 4.20. The Morgan fingerprint density at radius 1 is 1.44 bits per heavy atom. The van der Waals surface area contributed by atoms with Crippen LogP contribution < -0.4 is 15.2 Å². The zero-order chi connectivity index (χ0) is 11.3. The Morgan fingerprint density at radius 3 is 2.81 bits per heavy atom. The fraction of sp³-hybridized carbons (Fsp3) is 0.400. The van der Waals surface area contributed by atoms with E-state index in [1.807, 2.05) is 0 Å². The monoisotopic (exact) mass is 220 g/mol. The molecule has 3 N–H and O–H groups in total. The van der Waals surface area contributed by atoms with Gasteiger partial charge in [-0.15, -0.1) is 0 Å². The number of hydrogen-bond acceptors (Lipinski definition) is 5. The normalized spacial score (nSPS) is 26.9. The fourth-order valence-electron chi connectivity index (χ4n) is 2.17. The zero-order valence-electron chi connectivity index (χ0n) is 9.01. The predicted molar refractivity (Wildman–Crippen MR) is 60.0 cm³/mol. The quantitative estimate of drug-likeness (QED) is 0.533. The van der Waals surface area contributed by atoms with E-state index in [1.54, 1.807) is 29.8 Å². The van der Waals surface area contributed by atoms with Crippen LogP contribution in [-0.4, -0.2) is 29.3 Å². The van der Waals surface area contributed by atoms with E-state index >= 15 is 0 Å². The first-order valence-corrected chi connectivity index (χ1v) is 5.33. The third-order valence-corrected chi connectivity index (χ3v) is 3.06. The molecule has 0 bridgehead atoms. The number of nitrogens with zero attached hydrogens (tertiary/aromatic N) is 1. The average Bonchev–Trinajstić information content (AvgIpc) is 2.55. The van der Waals surface area contributed by atoms with Crippen LogP contribution >= 0.6 is 0 Å². The van der Waals surface area contributed by atoms with Crippen molar-refractivity contribution < 1.29 is 14.5 Å². The lowest BCUT2D eigenvalue weighted by molar-refractivity contribution is -0.230. The van der Waals surface area contributed by atoms with E-state index in [0.717, 1.165) is 13.0 Å². The van der Waals surface area contributed by atoms with Crippen molar-refractivity contribution in [2.45, 2.75) is 19.2 Å². The number of hydrogen-bond donors (Lipinski definition) is 2. The molecule has 2 aliphatic heterocycles. The second kappa shape index (κ2) is 3.05. The molecule has 2 heterocycles. The summed E-state index contributed by atoms with van der Waals surface area (Å²) in [6.45, 7) is 2.46. The molecule has 16 heavy (non-hydrogen) atoms. The maximum atomic E-state index is 9.57. The molecule has 84 valence electrons. The molecule has 2 aliphatic rings. The fourth-order valence-corrected chi connectivity index (χ4v) is 2.17. The highest BCUT2D eigenvalue weighted by atomic mass is 16.8. The number of nitrogens with two attached hydrogens (primary N) is 1. The molecule has 5 nitrogen and oxygen atoms in total. The molecule has 3 rings (SSSR count). The van der Waals surface area contributed by atoms with Crippen LogP contribution in [0.15, 0.2) is 18.2 Å². The highest BCUT2D eigenvalue weighted by Gasteiger charge is 2.56. The summed E-state index contributed by atoms with van der Waals surface area (Å²) in [5.41, 5.74) is 6.32. The average molecular weight is 220 g/mol.